The molecule has 2 aromatic carbocycles. The van der Waals surface area contributed by atoms with E-state index in [1.54, 1.807) is 13.0 Å². The molecule has 1 N–H and O–H groups in total. The van der Waals surface area contributed by atoms with Gasteiger partial charge in [-0.2, -0.15) is 13.2 Å². The third-order valence-electron chi connectivity index (χ3n) is 4.38. The van der Waals surface area contributed by atoms with Gasteiger partial charge in [0.2, 0.25) is 0 Å². The number of carbonyl (C=O) groups is 1. The van der Waals surface area contributed by atoms with E-state index in [1.807, 2.05) is 18.2 Å². The molecule has 0 aliphatic heterocycles. The van der Waals surface area contributed by atoms with Crippen molar-refractivity contribution in [1.29, 1.82) is 0 Å². The van der Waals surface area contributed by atoms with Crippen LogP contribution in [0, 0.1) is 0 Å². The number of halogens is 4. The highest BCUT2D eigenvalue weighted by atomic mass is 35.5. The Bertz CT molecular complexity index is 1070. The summed E-state index contributed by atoms with van der Waals surface area (Å²) in [7, 11) is 0. The Balaban J connectivity index is 1.89. The summed E-state index contributed by atoms with van der Waals surface area (Å²) in [5, 5.41) is 3.66. The number of nitrogens with zero attached hydrogens (tertiary/aromatic N) is 2. The van der Waals surface area contributed by atoms with Crippen LogP contribution in [0.4, 0.5) is 19.0 Å². The van der Waals surface area contributed by atoms with Gasteiger partial charge in [0, 0.05) is 23.3 Å². The van der Waals surface area contributed by atoms with Gasteiger partial charge in [0.05, 0.1) is 12.2 Å². The number of alkyl halides is 3. The number of anilines is 1. The summed E-state index contributed by atoms with van der Waals surface area (Å²) < 4.78 is 44.2. The lowest BCUT2D eigenvalue weighted by Crippen LogP contribution is -2.15. The molecule has 162 valence electrons. The third-order valence-corrected chi connectivity index (χ3v) is 4.75. The van der Waals surface area contributed by atoms with Gasteiger partial charge in [0.15, 0.2) is 5.82 Å². The van der Waals surface area contributed by atoms with Crippen LogP contribution >= 0.6 is 11.6 Å². The summed E-state index contributed by atoms with van der Waals surface area (Å²) >= 11 is 6.17. The highest BCUT2D eigenvalue weighted by Crippen LogP contribution is 2.31. The highest BCUT2D eigenvalue weighted by molar-refractivity contribution is 6.31. The number of benzene rings is 2. The molecule has 0 amide bonds. The average Bonchev–Trinajstić information content (AvgIpc) is 2.74. The van der Waals surface area contributed by atoms with E-state index in [4.69, 9.17) is 16.3 Å². The standard InChI is InChI=1S/C22H19ClF3N3O2/c1-2-31-21(30)17-13-28-19(15-7-5-8-16(12-15)22(24,25)26)29-20(17)27-11-10-14-6-3-4-9-18(14)23/h3-9,12-13H,2,10-11H2,1H3,(H,27,28,29). The number of hydrogen-bond donors (Lipinski definition) is 1. The molecule has 0 saturated heterocycles. The van der Waals surface area contributed by atoms with Gasteiger partial charge in [-0.25, -0.2) is 14.8 Å². The van der Waals surface area contributed by atoms with Crippen molar-refractivity contribution in [2.45, 2.75) is 19.5 Å². The lowest BCUT2D eigenvalue weighted by molar-refractivity contribution is -0.137. The van der Waals surface area contributed by atoms with Crippen LogP contribution in [0.15, 0.2) is 54.7 Å². The molecule has 0 fully saturated rings. The van der Waals surface area contributed by atoms with Crippen LogP contribution in [0.1, 0.15) is 28.4 Å². The van der Waals surface area contributed by atoms with Crippen molar-refractivity contribution < 1.29 is 22.7 Å². The summed E-state index contributed by atoms with van der Waals surface area (Å²) in [5.74, 6) is -0.398. The second-order valence-electron chi connectivity index (χ2n) is 6.52. The molecule has 0 aliphatic rings. The summed E-state index contributed by atoms with van der Waals surface area (Å²) in [6.45, 7) is 2.21. The molecule has 0 saturated carbocycles. The van der Waals surface area contributed by atoms with Crippen molar-refractivity contribution in [3.8, 4) is 11.4 Å². The minimum atomic E-state index is -4.49. The number of esters is 1. The molecule has 0 atom stereocenters. The molecule has 3 aromatic rings. The lowest BCUT2D eigenvalue weighted by Gasteiger charge is -2.13. The maximum atomic E-state index is 13.1. The number of nitrogens with one attached hydrogen (secondary N) is 1. The van der Waals surface area contributed by atoms with Gasteiger partial charge in [0.25, 0.3) is 0 Å². The first-order chi connectivity index (χ1) is 14.8. The van der Waals surface area contributed by atoms with Crippen molar-refractivity contribution in [1.82, 2.24) is 9.97 Å². The number of rotatable bonds is 7. The topological polar surface area (TPSA) is 64.1 Å². The van der Waals surface area contributed by atoms with Crippen LogP contribution in [-0.2, 0) is 17.3 Å². The molecule has 0 unspecified atom stereocenters. The number of carbonyl (C=O) groups excluding carboxylic acids is 1. The third kappa shape index (κ3) is 5.73. The molecule has 1 heterocycles. The van der Waals surface area contributed by atoms with Gasteiger partial charge in [-0.1, -0.05) is 41.9 Å². The van der Waals surface area contributed by atoms with E-state index in [-0.39, 0.29) is 29.4 Å². The molecule has 0 spiro atoms. The molecule has 0 radical (unpaired) electrons. The monoisotopic (exact) mass is 449 g/mol. The lowest BCUT2D eigenvalue weighted by atomic mass is 10.1. The molecule has 1 aromatic heterocycles. The minimum absolute atomic E-state index is 0.0550. The second kappa shape index (κ2) is 9.78. The zero-order valence-corrected chi connectivity index (χ0v) is 17.3. The fourth-order valence-corrected chi connectivity index (χ4v) is 3.10. The summed E-state index contributed by atoms with van der Waals surface area (Å²) in [6, 6.07) is 12.0. The SMILES string of the molecule is CCOC(=O)c1cnc(-c2cccc(C(F)(F)F)c2)nc1NCCc1ccccc1Cl. The van der Waals surface area contributed by atoms with Crippen molar-refractivity contribution in [2.24, 2.45) is 0 Å². The Hall–Kier alpha value is -3.13. The van der Waals surface area contributed by atoms with Crippen LogP contribution in [-0.4, -0.2) is 29.1 Å². The highest BCUT2D eigenvalue weighted by Gasteiger charge is 2.30. The maximum Gasteiger partial charge on any atom is 0.416 e. The van der Waals surface area contributed by atoms with Gasteiger partial charge in [-0.3, -0.25) is 0 Å². The van der Waals surface area contributed by atoms with Gasteiger partial charge in [0.1, 0.15) is 11.4 Å². The Labute approximate surface area is 182 Å². The number of aromatic nitrogens is 2. The quantitative estimate of drug-likeness (QED) is 0.472. The number of hydrogen-bond acceptors (Lipinski definition) is 5. The van der Waals surface area contributed by atoms with Crippen molar-refractivity contribution in [3.63, 3.8) is 0 Å². The Kier molecular flexibility index (Phi) is 7.12. The van der Waals surface area contributed by atoms with E-state index >= 15 is 0 Å². The molecular weight excluding hydrogens is 431 g/mol. The maximum absolute atomic E-state index is 13.1. The van der Waals surface area contributed by atoms with E-state index in [2.05, 4.69) is 15.3 Å². The molecule has 5 nitrogen and oxygen atoms in total. The van der Waals surface area contributed by atoms with Gasteiger partial charge in [-0.15, -0.1) is 0 Å². The Morgan fingerprint density at radius 2 is 1.94 bits per heavy atom. The second-order valence-corrected chi connectivity index (χ2v) is 6.93. The minimum Gasteiger partial charge on any atom is -0.462 e. The Morgan fingerprint density at radius 3 is 2.65 bits per heavy atom. The van der Waals surface area contributed by atoms with E-state index in [0.29, 0.717) is 18.0 Å². The van der Waals surface area contributed by atoms with Crippen LogP contribution in [0.5, 0.6) is 0 Å². The summed E-state index contributed by atoms with van der Waals surface area (Å²) in [4.78, 5) is 20.6. The van der Waals surface area contributed by atoms with Crippen LogP contribution in [0.2, 0.25) is 5.02 Å². The Morgan fingerprint density at radius 1 is 1.16 bits per heavy atom. The van der Waals surface area contributed by atoms with Gasteiger partial charge in [-0.05, 0) is 37.1 Å². The van der Waals surface area contributed by atoms with Crippen LogP contribution in [0.25, 0.3) is 11.4 Å². The normalized spacial score (nSPS) is 11.3. The van der Waals surface area contributed by atoms with E-state index < -0.39 is 17.7 Å². The summed E-state index contributed by atoms with van der Waals surface area (Å²) in [6.07, 6.45) is -2.69. The molecule has 0 aliphatic carbocycles. The van der Waals surface area contributed by atoms with Crippen LogP contribution in [0.3, 0.4) is 0 Å². The molecule has 3 rings (SSSR count). The predicted molar refractivity (Wildman–Crippen MR) is 112 cm³/mol. The van der Waals surface area contributed by atoms with Crippen molar-refractivity contribution in [2.75, 3.05) is 18.5 Å². The van der Waals surface area contributed by atoms with E-state index in [0.717, 1.165) is 17.7 Å². The first-order valence-corrected chi connectivity index (χ1v) is 9.86. The first kappa shape index (κ1) is 22.6. The molecule has 31 heavy (non-hydrogen) atoms. The zero-order chi connectivity index (χ0) is 22.4. The molecule has 0 bridgehead atoms. The van der Waals surface area contributed by atoms with Crippen molar-refractivity contribution in [3.05, 3.63) is 76.4 Å². The van der Waals surface area contributed by atoms with E-state index in [1.165, 1.54) is 18.3 Å². The fraction of sp³-hybridized carbons (Fsp3) is 0.227. The predicted octanol–water partition coefficient (Wildman–Crippen LogP) is 5.65. The van der Waals surface area contributed by atoms with Gasteiger partial charge < -0.3 is 10.1 Å². The summed E-state index contributed by atoms with van der Waals surface area (Å²) in [5.41, 5.74) is 0.369. The molecule has 9 heteroatoms. The van der Waals surface area contributed by atoms with Gasteiger partial charge >= 0.3 is 12.1 Å². The average molecular weight is 450 g/mol. The fourth-order valence-electron chi connectivity index (χ4n) is 2.87. The smallest absolute Gasteiger partial charge is 0.416 e. The van der Waals surface area contributed by atoms with E-state index in [9.17, 15) is 18.0 Å². The zero-order valence-electron chi connectivity index (χ0n) is 16.5. The van der Waals surface area contributed by atoms with Crippen molar-refractivity contribution >= 4 is 23.4 Å². The largest absolute Gasteiger partial charge is 0.462 e. The van der Waals surface area contributed by atoms with Crippen LogP contribution < -0.4 is 5.32 Å². The number of ether oxygens (including phenoxy) is 1. The molecular formula is C22H19ClF3N3O2. The first-order valence-electron chi connectivity index (χ1n) is 9.48.